The summed E-state index contributed by atoms with van der Waals surface area (Å²) in [5.74, 6) is 0. The lowest BCUT2D eigenvalue weighted by atomic mass is 9.75. The Morgan fingerprint density at radius 2 is 1.45 bits per heavy atom. The number of rotatable bonds is 15. The Morgan fingerprint density at radius 1 is 0.925 bits per heavy atom. The van der Waals surface area contributed by atoms with Crippen molar-refractivity contribution in [2.45, 2.75) is 43.6 Å². The van der Waals surface area contributed by atoms with Crippen molar-refractivity contribution in [2.24, 2.45) is 0 Å². The molecule has 0 bridgehead atoms. The minimum atomic E-state index is -4.58. The first kappa shape index (κ1) is 40.6. The van der Waals surface area contributed by atoms with Crippen molar-refractivity contribution >= 4 is 18.1 Å². The summed E-state index contributed by atoms with van der Waals surface area (Å²) in [6.07, 6.45) is -6.76. The van der Waals surface area contributed by atoms with Gasteiger partial charge in [-0.25, -0.2) is 9.46 Å². The number of methoxy groups -OCH3 is 1. The van der Waals surface area contributed by atoms with Gasteiger partial charge in [0, 0.05) is 45.0 Å². The minimum absolute atomic E-state index is 0.0184. The Kier molecular flexibility index (Phi) is 13.2. The molecule has 1 saturated heterocycles. The Bertz CT molecular complexity index is 1860. The lowest BCUT2D eigenvalue weighted by Crippen LogP contribution is -2.58. The molecular formula is C37H44ClF3N5O6P. The van der Waals surface area contributed by atoms with Gasteiger partial charge in [-0.05, 0) is 55.4 Å². The largest absolute Gasteiger partial charge is 0.428 e. The van der Waals surface area contributed by atoms with Crippen LogP contribution in [-0.4, -0.2) is 96.5 Å². The summed E-state index contributed by atoms with van der Waals surface area (Å²) in [7, 11) is 3.74. The number of nitrogens with one attached hydrogen (secondary N) is 1. The number of H-pyrrole nitrogens is 1. The zero-order valence-electron chi connectivity index (χ0n) is 29.9. The highest BCUT2D eigenvalue weighted by Crippen LogP contribution is 2.55. The van der Waals surface area contributed by atoms with Gasteiger partial charge in [0.25, 0.3) is 5.56 Å². The summed E-state index contributed by atoms with van der Waals surface area (Å²) in [4.78, 5) is 31.2. The van der Waals surface area contributed by atoms with Crippen LogP contribution in [0.1, 0.15) is 34.9 Å². The van der Waals surface area contributed by atoms with E-state index in [0.29, 0.717) is 5.56 Å². The molecule has 1 aliphatic heterocycles. The zero-order chi connectivity index (χ0) is 38.4. The van der Waals surface area contributed by atoms with Gasteiger partial charge in [-0.3, -0.25) is 28.7 Å². The fourth-order valence-corrected chi connectivity index (χ4v) is 8.17. The maximum atomic E-state index is 13.7. The van der Waals surface area contributed by atoms with Gasteiger partial charge in [-0.2, -0.15) is 13.2 Å². The number of aromatic nitrogens is 2. The van der Waals surface area contributed by atoms with Crippen molar-refractivity contribution < 1.29 is 31.7 Å². The monoisotopic (exact) mass is 777 g/mol. The molecule has 4 atom stereocenters. The highest BCUT2D eigenvalue weighted by atomic mass is 35.7. The van der Waals surface area contributed by atoms with Crippen molar-refractivity contribution in [1.82, 2.24) is 24.0 Å². The van der Waals surface area contributed by atoms with E-state index in [1.54, 1.807) is 6.92 Å². The van der Waals surface area contributed by atoms with E-state index in [4.69, 9.17) is 20.5 Å². The van der Waals surface area contributed by atoms with Crippen LogP contribution < -0.4 is 11.2 Å². The van der Waals surface area contributed by atoms with Crippen LogP contribution in [0.25, 0.3) is 0 Å². The Balaban J connectivity index is 1.48. The highest BCUT2D eigenvalue weighted by Gasteiger charge is 2.47. The van der Waals surface area contributed by atoms with Crippen molar-refractivity contribution in [2.75, 3.05) is 54.0 Å². The number of benzene rings is 3. The second kappa shape index (κ2) is 17.3. The average Bonchev–Trinajstić information content (AvgIpc) is 3.13. The molecule has 2 heterocycles. The van der Waals surface area contributed by atoms with Gasteiger partial charge in [0.2, 0.25) is 6.23 Å². The van der Waals surface area contributed by atoms with E-state index in [1.807, 2.05) is 91.0 Å². The zero-order valence-corrected chi connectivity index (χ0v) is 31.6. The molecule has 1 aliphatic rings. The van der Waals surface area contributed by atoms with Crippen molar-refractivity contribution in [3.63, 3.8) is 0 Å². The van der Waals surface area contributed by atoms with E-state index >= 15 is 0 Å². The fourth-order valence-electron chi connectivity index (χ4n) is 6.85. The van der Waals surface area contributed by atoms with Crippen LogP contribution in [0.5, 0.6) is 0 Å². The lowest BCUT2D eigenvalue weighted by Gasteiger charge is -2.50. The molecule has 1 aromatic heterocycles. The third-order valence-corrected chi connectivity index (χ3v) is 11.9. The molecule has 1 N–H and O–H groups in total. The van der Waals surface area contributed by atoms with Gasteiger partial charge in [0.1, 0.15) is 0 Å². The summed E-state index contributed by atoms with van der Waals surface area (Å²) in [5.41, 5.74) is 1.04. The fraction of sp³-hybridized carbons (Fsp3) is 0.405. The first-order chi connectivity index (χ1) is 25.2. The van der Waals surface area contributed by atoms with Crippen LogP contribution in [0.2, 0.25) is 0 Å². The van der Waals surface area contributed by atoms with E-state index in [2.05, 4.69) is 14.6 Å². The van der Waals surface area contributed by atoms with Gasteiger partial charge in [-0.15, -0.1) is 0 Å². The normalized spacial score (nSPS) is 19.0. The van der Waals surface area contributed by atoms with Crippen LogP contribution in [0.4, 0.5) is 13.2 Å². The number of halogens is 4. The molecule has 0 aliphatic carbocycles. The second-order valence-corrected chi connectivity index (χ2v) is 16.1. The molecule has 0 spiro atoms. The predicted molar refractivity (Wildman–Crippen MR) is 197 cm³/mol. The molecule has 0 radical (unpaired) electrons. The van der Waals surface area contributed by atoms with E-state index in [1.165, 1.54) is 29.5 Å². The number of nitrogens with zero attached hydrogens (tertiary/aromatic N) is 4. The Hall–Kier alpha value is -3.59. The van der Waals surface area contributed by atoms with Crippen LogP contribution >= 0.6 is 18.1 Å². The molecular weight excluding hydrogens is 734 g/mol. The van der Waals surface area contributed by atoms with E-state index in [9.17, 15) is 27.3 Å². The molecule has 11 nitrogen and oxygen atoms in total. The summed E-state index contributed by atoms with van der Waals surface area (Å²) in [5, 5.41) is 0. The maximum absolute atomic E-state index is 13.7. The van der Waals surface area contributed by atoms with E-state index in [-0.39, 0.29) is 39.2 Å². The third kappa shape index (κ3) is 9.21. The summed E-state index contributed by atoms with van der Waals surface area (Å²) in [6, 6.07) is 29.8. The van der Waals surface area contributed by atoms with Gasteiger partial charge >= 0.3 is 18.7 Å². The van der Waals surface area contributed by atoms with Gasteiger partial charge in [0.15, 0.2) is 6.23 Å². The van der Waals surface area contributed by atoms with Crippen LogP contribution in [-0.2, 0) is 24.1 Å². The van der Waals surface area contributed by atoms with Crippen LogP contribution in [0.3, 0.4) is 0 Å². The molecule has 1 fully saturated rings. The van der Waals surface area contributed by atoms with Gasteiger partial charge < -0.3 is 14.0 Å². The van der Waals surface area contributed by atoms with Crippen molar-refractivity contribution in [3.05, 3.63) is 140 Å². The van der Waals surface area contributed by atoms with Crippen LogP contribution in [0.15, 0.2) is 107 Å². The summed E-state index contributed by atoms with van der Waals surface area (Å²) >= 11 is 6.49. The molecule has 0 amide bonds. The first-order valence-corrected chi connectivity index (χ1v) is 19.5. The van der Waals surface area contributed by atoms with Gasteiger partial charge in [-0.1, -0.05) is 91.0 Å². The molecule has 53 heavy (non-hydrogen) atoms. The average molecular weight is 778 g/mol. The molecule has 3 aromatic carbocycles. The van der Waals surface area contributed by atoms with E-state index < -0.39 is 48.4 Å². The first-order valence-electron chi connectivity index (χ1n) is 17.0. The van der Waals surface area contributed by atoms with Crippen LogP contribution in [0, 0.1) is 6.92 Å². The summed E-state index contributed by atoms with van der Waals surface area (Å²) in [6.45, 7) is -2.21. The standard InChI is InChI=1S/C37H44ClF3N5O6P/c1-27-23-46(35(48)42-33(27)47)32-25-45(36(28-15-8-5-9-16-28,29-17-10-6-11-18-29)30-19-12-7-13-20-30)24-31(52-32)26-51-53(38,49)44(3)22-14-21-43(2)34(50-4)37(39,40)41/h5-13,15-20,23,31-32,34H,14,21-22,24-26H2,1-4H3,(H,42,47,48). The minimum Gasteiger partial charge on any atom is -0.357 e. The number of aryl methyl sites for hydroxylation is 1. The predicted octanol–water partition coefficient (Wildman–Crippen LogP) is 6.19. The SMILES string of the molecule is COC(N(C)CCCN(C)P(=O)(Cl)OCC1CN(C(c2ccccc2)(c2ccccc2)c2ccccc2)CC(n2cc(C)c(=O)[nH]c2=O)O1)C(F)(F)F. The molecule has 4 unspecified atom stereocenters. The molecule has 16 heteroatoms. The maximum Gasteiger partial charge on any atom is 0.428 e. The molecule has 0 saturated carbocycles. The molecule has 5 rings (SSSR count). The number of morpholine rings is 1. The second-order valence-electron chi connectivity index (χ2n) is 13.0. The number of alkyl halides is 3. The molecule has 286 valence electrons. The van der Waals surface area contributed by atoms with Gasteiger partial charge in [0.05, 0.1) is 18.2 Å². The molecule has 4 aromatic rings. The summed E-state index contributed by atoms with van der Waals surface area (Å²) < 4.78 is 73.2. The number of hydrogen-bond donors (Lipinski definition) is 1. The Morgan fingerprint density at radius 3 is 1.94 bits per heavy atom. The highest BCUT2D eigenvalue weighted by molar-refractivity contribution is 7.83. The Labute approximate surface area is 311 Å². The lowest BCUT2D eigenvalue weighted by molar-refractivity contribution is -0.255. The number of hydrogen-bond acceptors (Lipinski definition) is 8. The smallest absolute Gasteiger partial charge is 0.357 e. The topological polar surface area (TPSA) is 109 Å². The number of ether oxygens (including phenoxy) is 2. The van der Waals surface area contributed by atoms with Crippen molar-refractivity contribution in [3.8, 4) is 0 Å². The van der Waals surface area contributed by atoms with Crippen molar-refractivity contribution in [1.29, 1.82) is 0 Å². The quantitative estimate of drug-likeness (QED) is 0.0860. The van der Waals surface area contributed by atoms with E-state index in [0.717, 1.165) is 28.7 Å². The third-order valence-electron chi connectivity index (χ3n) is 9.38. The number of aromatic amines is 1.